The lowest BCUT2D eigenvalue weighted by molar-refractivity contribution is 0.297. The van der Waals surface area contributed by atoms with Crippen LogP contribution in [0.5, 0.6) is 0 Å². The fourth-order valence-electron chi connectivity index (χ4n) is 2.24. The minimum atomic E-state index is 0.534. The van der Waals surface area contributed by atoms with Crippen molar-refractivity contribution < 1.29 is 0 Å². The molecule has 1 unspecified atom stereocenters. The maximum Gasteiger partial charge on any atom is -0.0157 e. The average Bonchev–Trinajstić information content (AvgIpc) is 2.08. The van der Waals surface area contributed by atoms with Crippen molar-refractivity contribution in [2.75, 3.05) is 0 Å². The zero-order chi connectivity index (χ0) is 7.78. The van der Waals surface area contributed by atoms with Gasteiger partial charge in [0.25, 0.3) is 0 Å². The van der Waals surface area contributed by atoms with Gasteiger partial charge in [0.15, 0.2) is 0 Å². The van der Waals surface area contributed by atoms with Crippen molar-refractivity contribution in [3.8, 4) is 0 Å². The van der Waals surface area contributed by atoms with Crippen LogP contribution >= 0.6 is 0 Å². The molecule has 1 saturated carbocycles. The van der Waals surface area contributed by atoms with E-state index in [4.69, 9.17) is 0 Å². The molecule has 0 radical (unpaired) electrons. The topological polar surface area (TPSA) is 0 Å². The van der Waals surface area contributed by atoms with Crippen LogP contribution in [-0.2, 0) is 0 Å². The molecule has 10 heavy (non-hydrogen) atoms. The first-order valence-corrected chi connectivity index (χ1v) is 4.19. The van der Waals surface area contributed by atoms with Crippen LogP contribution < -0.4 is 0 Å². The first-order chi connectivity index (χ1) is 4.54. The van der Waals surface area contributed by atoms with E-state index in [1.54, 1.807) is 0 Å². The molecule has 1 aliphatic rings. The summed E-state index contributed by atoms with van der Waals surface area (Å²) in [6.45, 7) is 10.9. The Kier molecular flexibility index (Phi) is 1.89. The van der Waals surface area contributed by atoms with Gasteiger partial charge in [0.05, 0.1) is 0 Å². The van der Waals surface area contributed by atoms with Gasteiger partial charge in [-0.2, -0.15) is 0 Å². The van der Waals surface area contributed by atoms with Crippen molar-refractivity contribution >= 4 is 0 Å². The van der Waals surface area contributed by atoms with E-state index in [0.717, 1.165) is 5.92 Å². The van der Waals surface area contributed by atoms with E-state index in [9.17, 15) is 0 Å². The third-order valence-corrected chi connectivity index (χ3v) is 2.85. The Morgan fingerprint density at radius 2 is 2.10 bits per heavy atom. The number of hydrogen-bond acceptors (Lipinski definition) is 0. The molecular weight excluding hydrogens is 120 g/mol. The monoisotopic (exact) mass is 138 g/mol. The summed E-state index contributed by atoms with van der Waals surface area (Å²) in [6.07, 6.45) is 4.14. The second-order valence-corrected chi connectivity index (χ2v) is 4.28. The molecule has 0 N–H and O–H groups in total. The minimum absolute atomic E-state index is 0.534. The Morgan fingerprint density at radius 1 is 1.50 bits per heavy atom. The maximum atomic E-state index is 4.03. The predicted octanol–water partition coefficient (Wildman–Crippen LogP) is 3.39. The molecule has 0 spiro atoms. The van der Waals surface area contributed by atoms with Gasteiger partial charge in [-0.1, -0.05) is 32.4 Å². The lowest BCUT2D eigenvalue weighted by Crippen LogP contribution is -2.17. The van der Waals surface area contributed by atoms with E-state index < -0.39 is 0 Å². The van der Waals surface area contributed by atoms with Crippen molar-refractivity contribution in [1.82, 2.24) is 0 Å². The Bertz CT molecular complexity index is 142. The van der Waals surface area contributed by atoms with Crippen molar-refractivity contribution in [3.63, 3.8) is 0 Å². The summed E-state index contributed by atoms with van der Waals surface area (Å²) in [5.41, 5.74) is 1.91. The quantitative estimate of drug-likeness (QED) is 0.487. The van der Waals surface area contributed by atoms with Gasteiger partial charge in [-0.05, 0) is 31.1 Å². The van der Waals surface area contributed by atoms with Crippen LogP contribution in [0.3, 0.4) is 0 Å². The smallest absolute Gasteiger partial charge is 0.0157 e. The summed E-state index contributed by atoms with van der Waals surface area (Å²) in [5.74, 6) is 0.785. The number of allylic oxidation sites excluding steroid dienone is 1. The van der Waals surface area contributed by atoms with Crippen LogP contribution in [0.2, 0.25) is 0 Å². The minimum Gasteiger partial charge on any atom is -0.0998 e. The van der Waals surface area contributed by atoms with Crippen molar-refractivity contribution in [1.29, 1.82) is 0 Å². The Morgan fingerprint density at radius 3 is 2.30 bits per heavy atom. The van der Waals surface area contributed by atoms with Gasteiger partial charge in [0.2, 0.25) is 0 Å². The van der Waals surface area contributed by atoms with Crippen LogP contribution in [0.4, 0.5) is 0 Å². The number of rotatable bonds is 1. The summed E-state index contributed by atoms with van der Waals surface area (Å²) in [5, 5.41) is 0. The summed E-state index contributed by atoms with van der Waals surface area (Å²) < 4.78 is 0. The van der Waals surface area contributed by atoms with E-state index in [1.807, 2.05) is 0 Å². The normalized spacial score (nSPS) is 30.5. The van der Waals surface area contributed by atoms with Crippen LogP contribution in [0.25, 0.3) is 0 Å². The summed E-state index contributed by atoms with van der Waals surface area (Å²) in [4.78, 5) is 0. The lowest BCUT2D eigenvalue weighted by atomic mass is 9.78. The van der Waals surface area contributed by atoms with E-state index in [0.29, 0.717) is 5.41 Å². The largest absolute Gasteiger partial charge is 0.0998 e. The van der Waals surface area contributed by atoms with E-state index in [-0.39, 0.29) is 0 Å². The van der Waals surface area contributed by atoms with E-state index >= 15 is 0 Å². The molecule has 1 rings (SSSR count). The Balaban J connectivity index is 2.68. The van der Waals surface area contributed by atoms with E-state index in [1.165, 1.54) is 24.8 Å². The molecule has 0 aromatic rings. The van der Waals surface area contributed by atoms with E-state index in [2.05, 4.69) is 27.4 Å². The molecule has 0 bridgehead atoms. The van der Waals surface area contributed by atoms with Gasteiger partial charge in [-0.15, -0.1) is 0 Å². The zero-order valence-corrected chi connectivity index (χ0v) is 7.41. The van der Waals surface area contributed by atoms with Crippen LogP contribution in [0.1, 0.15) is 40.0 Å². The molecule has 0 aromatic carbocycles. The highest BCUT2D eigenvalue weighted by atomic mass is 14.4. The Labute approximate surface area is 64.3 Å². The third kappa shape index (κ3) is 1.25. The SMILES string of the molecule is C=C(C)C1CCCC1(C)C. The van der Waals surface area contributed by atoms with Crippen molar-refractivity contribution in [3.05, 3.63) is 12.2 Å². The third-order valence-electron chi connectivity index (χ3n) is 2.85. The summed E-state index contributed by atoms with van der Waals surface area (Å²) >= 11 is 0. The number of hydrogen-bond donors (Lipinski definition) is 0. The van der Waals surface area contributed by atoms with Gasteiger partial charge in [0.1, 0.15) is 0 Å². The molecule has 1 atom stereocenters. The molecule has 0 aliphatic heterocycles. The Hall–Kier alpha value is -0.260. The standard InChI is InChI=1S/C10H18/c1-8(2)9-6-5-7-10(9,3)4/h9H,1,5-7H2,2-4H3. The van der Waals surface area contributed by atoms with Crippen LogP contribution in [0.15, 0.2) is 12.2 Å². The molecule has 1 aliphatic carbocycles. The average molecular weight is 138 g/mol. The molecule has 1 fully saturated rings. The highest BCUT2D eigenvalue weighted by Gasteiger charge is 2.34. The van der Waals surface area contributed by atoms with Crippen LogP contribution in [-0.4, -0.2) is 0 Å². The molecule has 0 aromatic heterocycles. The highest BCUT2D eigenvalue weighted by Crippen LogP contribution is 2.45. The molecule has 0 amide bonds. The second kappa shape index (κ2) is 2.41. The highest BCUT2D eigenvalue weighted by molar-refractivity contribution is 5.05. The van der Waals surface area contributed by atoms with Crippen LogP contribution in [0, 0.1) is 11.3 Å². The fraction of sp³-hybridized carbons (Fsp3) is 0.800. The first kappa shape index (κ1) is 7.84. The fourth-order valence-corrected chi connectivity index (χ4v) is 2.24. The molecule has 0 heterocycles. The first-order valence-electron chi connectivity index (χ1n) is 4.19. The van der Waals surface area contributed by atoms with Crippen molar-refractivity contribution in [2.45, 2.75) is 40.0 Å². The molecule has 0 saturated heterocycles. The second-order valence-electron chi connectivity index (χ2n) is 4.28. The molecular formula is C10H18. The maximum absolute atomic E-state index is 4.03. The van der Waals surface area contributed by atoms with Gasteiger partial charge in [0, 0.05) is 0 Å². The summed E-state index contributed by atoms with van der Waals surface area (Å²) in [6, 6.07) is 0. The van der Waals surface area contributed by atoms with Gasteiger partial charge >= 0.3 is 0 Å². The van der Waals surface area contributed by atoms with Gasteiger partial charge < -0.3 is 0 Å². The zero-order valence-electron chi connectivity index (χ0n) is 7.41. The molecule has 0 nitrogen and oxygen atoms in total. The van der Waals surface area contributed by atoms with Crippen molar-refractivity contribution in [2.24, 2.45) is 11.3 Å². The summed E-state index contributed by atoms with van der Waals surface area (Å²) in [7, 11) is 0. The molecule has 58 valence electrons. The van der Waals surface area contributed by atoms with Gasteiger partial charge in [-0.25, -0.2) is 0 Å². The van der Waals surface area contributed by atoms with Gasteiger partial charge in [-0.3, -0.25) is 0 Å². The lowest BCUT2D eigenvalue weighted by Gasteiger charge is -2.27. The molecule has 0 heteroatoms. The predicted molar refractivity (Wildman–Crippen MR) is 45.9 cm³/mol.